The molecule has 0 amide bonds. The van der Waals surface area contributed by atoms with Crippen molar-refractivity contribution in [3.05, 3.63) is 69.8 Å². The Morgan fingerprint density at radius 3 is 0.829 bits per heavy atom. The van der Waals surface area contributed by atoms with E-state index >= 15 is 0 Å². The lowest BCUT2D eigenvalue weighted by atomic mass is 10.0. The van der Waals surface area contributed by atoms with E-state index in [-0.39, 0.29) is 0 Å². The van der Waals surface area contributed by atoms with Crippen LogP contribution in [0.5, 0.6) is 0 Å². The highest BCUT2D eigenvalue weighted by Gasteiger charge is 2.03. The van der Waals surface area contributed by atoms with Gasteiger partial charge in [-0.3, -0.25) is 0 Å². The summed E-state index contributed by atoms with van der Waals surface area (Å²) < 4.78 is 0. The molecule has 0 atom stereocenters. The summed E-state index contributed by atoms with van der Waals surface area (Å²) >= 11 is 10.4. The van der Waals surface area contributed by atoms with Crippen LogP contribution in [0.2, 0.25) is 0 Å². The lowest BCUT2D eigenvalue weighted by molar-refractivity contribution is 0.638. The molecule has 0 aliphatic heterocycles. The lowest BCUT2D eigenvalue weighted by Gasteiger charge is -2.12. The normalized spacial score (nSPS) is 10.5. The highest BCUT2D eigenvalue weighted by atomic mass is 79.9. The van der Waals surface area contributed by atoms with Gasteiger partial charge in [0.05, 0.1) is 0 Å². The average Bonchev–Trinajstić information content (AvgIpc) is 3.00. The molecule has 41 heavy (non-hydrogen) atoms. The predicted octanol–water partition coefficient (Wildman–Crippen LogP) is 3.67. The maximum Gasteiger partial charge on any atom is 0.0283 e. The molecular formula is C30H55Br3N8. The first-order chi connectivity index (χ1) is 20.0. The minimum absolute atomic E-state index is 0.719. The molecule has 11 heteroatoms. The molecule has 0 aromatic heterocycles. The highest BCUT2D eigenvalue weighted by molar-refractivity contribution is 9.09. The molecule has 236 valence electrons. The predicted molar refractivity (Wildman–Crippen MR) is 190 cm³/mol. The zero-order valence-corrected chi connectivity index (χ0v) is 29.5. The summed E-state index contributed by atoms with van der Waals surface area (Å²) in [5.41, 5.74) is 34.7. The summed E-state index contributed by atoms with van der Waals surface area (Å²) in [4.78, 5) is 0. The zero-order chi connectivity index (χ0) is 30.6. The van der Waals surface area contributed by atoms with E-state index in [0.29, 0.717) is 0 Å². The van der Waals surface area contributed by atoms with Gasteiger partial charge in [0.1, 0.15) is 0 Å². The summed E-state index contributed by atoms with van der Waals surface area (Å²) in [6, 6.07) is 13.4. The highest BCUT2D eigenvalue weighted by Crippen LogP contribution is 2.17. The van der Waals surface area contributed by atoms with Crippen LogP contribution in [0.4, 0.5) is 0 Å². The van der Waals surface area contributed by atoms with E-state index < -0.39 is 0 Å². The number of rotatable bonds is 20. The lowest BCUT2D eigenvalue weighted by Crippen LogP contribution is -2.21. The maximum atomic E-state index is 5.54. The van der Waals surface area contributed by atoms with E-state index in [4.69, 9.17) is 28.7 Å². The molecule has 0 fully saturated rings. The summed E-state index contributed by atoms with van der Waals surface area (Å²) in [7, 11) is 0. The standard InChI is InChI=1S/C18H36N6.C9H9Br3.C3H10N2/c19-4-1-7-22-13-16-10-17(14-23-8-2-5-20)12-18(11-16)15-24-9-3-6-21;10-4-7-1-8(5-11)3-9(2-7)6-12;4-2-1-3-5/h10-12,22-24H,1-9,13-15,19-21H2;1-3H,4-6H2;1-5H2. The van der Waals surface area contributed by atoms with Gasteiger partial charge in [-0.25, -0.2) is 0 Å². The zero-order valence-electron chi connectivity index (χ0n) is 24.7. The molecular weight excluding hydrogens is 712 g/mol. The van der Waals surface area contributed by atoms with E-state index in [1.807, 2.05) is 0 Å². The van der Waals surface area contributed by atoms with Gasteiger partial charge in [-0.2, -0.15) is 0 Å². The monoisotopic (exact) mass is 764 g/mol. The van der Waals surface area contributed by atoms with Crippen molar-refractivity contribution in [1.29, 1.82) is 0 Å². The second-order valence-corrected chi connectivity index (χ2v) is 11.3. The minimum Gasteiger partial charge on any atom is -0.330 e. The average molecular weight is 768 g/mol. The Labute approximate surface area is 274 Å². The fourth-order valence-corrected chi connectivity index (χ4v) is 4.68. The van der Waals surface area contributed by atoms with Crippen molar-refractivity contribution in [3.8, 4) is 0 Å². The third kappa shape index (κ3) is 22.7. The van der Waals surface area contributed by atoms with Crippen molar-refractivity contribution in [2.45, 2.75) is 61.3 Å². The Balaban J connectivity index is 0.000000775. The van der Waals surface area contributed by atoms with Gasteiger partial charge in [-0.15, -0.1) is 0 Å². The van der Waals surface area contributed by atoms with Crippen molar-refractivity contribution in [1.82, 2.24) is 16.0 Å². The fraction of sp³-hybridized carbons (Fsp3) is 0.600. The van der Waals surface area contributed by atoms with Crippen LogP contribution in [0.3, 0.4) is 0 Å². The van der Waals surface area contributed by atoms with E-state index in [1.54, 1.807) is 0 Å². The fourth-order valence-electron chi connectivity index (χ4n) is 3.71. The minimum atomic E-state index is 0.719. The first kappa shape index (κ1) is 40.6. The van der Waals surface area contributed by atoms with Gasteiger partial charge >= 0.3 is 0 Å². The van der Waals surface area contributed by atoms with Crippen LogP contribution in [0.1, 0.15) is 59.1 Å². The van der Waals surface area contributed by atoms with Gasteiger partial charge in [0, 0.05) is 35.6 Å². The van der Waals surface area contributed by atoms with Gasteiger partial charge in [0.15, 0.2) is 0 Å². The van der Waals surface area contributed by atoms with Gasteiger partial charge in [-0.1, -0.05) is 84.2 Å². The summed E-state index contributed by atoms with van der Waals surface area (Å²) in [6.45, 7) is 9.15. The summed E-state index contributed by atoms with van der Waals surface area (Å²) in [6.07, 6.45) is 3.97. The number of nitrogens with two attached hydrogens (primary N) is 5. The van der Waals surface area contributed by atoms with E-state index in [1.165, 1.54) is 33.4 Å². The first-order valence-corrected chi connectivity index (χ1v) is 17.9. The van der Waals surface area contributed by atoms with Crippen LogP contribution in [-0.2, 0) is 35.6 Å². The van der Waals surface area contributed by atoms with Gasteiger partial charge in [0.2, 0.25) is 0 Å². The van der Waals surface area contributed by atoms with Crippen LogP contribution in [0.15, 0.2) is 36.4 Å². The molecule has 2 aromatic rings. The first-order valence-electron chi connectivity index (χ1n) is 14.5. The number of nitrogens with one attached hydrogen (secondary N) is 3. The van der Waals surface area contributed by atoms with E-state index in [0.717, 1.165) is 114 Å². The third-order valence-corrected chi connectivity index (χ3v) is 7.70. The summed E-state index contributed by atoms with van der Waals surface area (Å²) in [5, 5.41) is 13.1. The van der Waals surface area contributed by atoms with Crippen molar-refractivity contribution < 1.29 is 0 Å². The molecule has 13 N–H and O–H groups in total. The van der Waals surface area contributed by atoms with Crippen LogP contribution in [0, 0.1) is 0 Å². The van der Waals surface area contributed by atoms with Gasteiger partial charge in [0.25, 0.3) is 0 Å². The molecule has 0 aliphatic carbocycles. The summed E-state index contributed by atoms with van der Waals surface area (Å²) in [5.74, 6) is 0. The SMILES string of the molecule is BrCc1cc(CBr)cc(CBr)c1.NCCCN.NCCCNCc1cc(CNCCCN)cc(CNCCCN)c1. The maximum absolute atomic E-state index is 5.54. The quantitative estimate of drug-likeness (QED) is 0.0748. The van der Waals surface area contributed by atoms with E-state index in [9.17, 15) is 0 Å². The molecule has 0 saturated heterocycles. The number of halogens is 3. The Morgan fingerprint density at radius 1 is 0.390 bits per heavy atom. The van der Waals surface area contributed by atoms with Crippen LogP contribution < -0.4 is 44.6 Å². The topological polar surface area (TPSA) is 166 Å². The molecule has 8 nitrogen and oxygen atoms in total. The number of benzene rings is 2. The largest absolute Gasteiger partial charge is 0.330 e. The molecule has 0 bridgehead atoms. The van der Waals surface area contributed by atoms with Crippen molar-refractivity contribution in [3.63, 3.8) is 0 Å². The second-order valence-electron chi connectivity index (χ2n) is 9.60. The van der Waals surface area contributed by atoms with Crippen molar-refractivity contribution in [2.75, 3.05) is 52.4 Å². The molecule has 0 saturated carbocycles. The van der Waals surface area contributed by atoms with E-state index in [2.05, 4.69) is 100 Å². The smallest absolute Gasteiger partial charge is 0.0283 e. The van der Waals surface area contributed by atoms with Crippen molar-refractivity contribution >= 4 is 47.8 Å². The molecule has 0 radical (unpaired) electrons. The molecule has 2 aromatic carbocycles. The Bertz CT molecular complexity index is 742. The van der Waals surface area contributed by atoms with Crippen LogP contribution in [0.25, 0.3) is 0 Å². The Hall–Kier alpha value is -0.440. The Kier molecular flexibility index (Phi) is 29.3. The molecule has 2 rings (SSSR count). The second kappa shape index (κ2) is 29.6. The van der Waals surface area contributed by atoms with Crippen LogP contribution in [-0.4, -0.2) is 52.4 Å². The molecule has 0 heterocycles. The Morgan fingerprint density at radius 2 is 0.634 bits per heavy atom. The molecule has 0 spiro atoms. The molecule has 0 unspecified atom stereocenters. The van der Waals surface area contributed by atoms with Gasteiger partial charge < -0.3 is 44.6 Å². The third-order valence-electron chi connectivity index (χ3n) is 5.76. The number of hydrogen-bond donors (Lipinski definition) is 8. The van der Waals surface area contributed by atoms with Crippen LogP contribution >= 0.6 is 47.8 Å². The van der Waals surface area contributed by atoms with Crippen molar-refractivity contribution in [2.24, 2.45) is 28.7 Å². The number of alkyl halides is 3. The molecule has 0 aliphatic rings. The van der Waals surface area contributed by atoms with Gasteiger partial charge in [-0.05, 0) is 111 Å². The number of hydrogen-bond acceptors (Lipinski definition) is 8.